The lowest BCUT2D eigenvalue weighted by Crippen LogP contribution is -2.65. The summed E-state index contributed by atoms with van der Waals surface area (Å²) >= 11 is 0. The van der Waals surface area contributed by atoms with Gasteiger partial charge >= 0.3 is 7.12 Å². The van der Waals surface area contributed by atoms with Crippen LogP contribution in [0, 0.1) is 38.0 Å². The van der Waals surface area contributed by atoms with Crippen molar-refractivity contribution >= 4 is 13.0 Å². The van der Waals surface area contributed by atoms with Crippen LogP contribution in [-0.2, 0) is 22.3 Å². The van der Waals surface area contributed by atoms with Crippen molar-refractivity contribution in [1.82, 2.24) is 20.3 Å². The van der Waals surface area contributed by atoms with Gasteiger partial charge in [0.1, 0.15) is 0 Å². The lowest BCUT2D eigenvalue weighted by molar-refractivity contribution is -0.199. The first-order valence-electron chi connectivity index (χ1n) is 14.2. The smallest absolute Gasteiger partial charge is 0.404 e. The zero-order chi connectivity index (χ0) is 27.5. The van der Waals surface area contributed by atoms with Gasteiger partial charge in [0.25, 0.3) is 5.91 Å². The number of nitrogens with zero attached hydrogens (tertiary/aromatic N) is 3. The molecule has 4 aliphatic rings. The van der Waals surface area contributed by atoms with Crippen molar-refractivity contribution in [2.75, 3.05) is 0 Å². The Hall–Kier alpha value is -2.97. The van der Waals surface area contributed by atoms with Gasteiger partial charge in [-0.2, -0.15) is 0 Å². The molecule has 3 saturated carbocycles. The molecule has 39 heavy (non-hydrogen) atoms. The van der Waals surface area contributed by atoms with Gasteiger partial charge in [0.05, 0.1) is 29.9 Å². The van der Waals surface area contributed by atoms with Crippen LogP contribution in [0.2, 0.25) is 0 Å². The third-order valence-electron chi connectivity index (χ3n) is 9.92. The third-order valence-corrected chi connectivity index (χ3v) is 9.92. The van der Waals surface area contributed by atoms with Crippen LogP contribution in [0.5, 0.6) is 0 Å². The molecule has 7 rings (SSSR count). The predicted molar refractivity (Wildman–Crippen MR) is 151 cm³/mol. The molecule has 0 unspecified atom stereocenters. The van der Waals surface area contributed by atoms with Crippen molar-refractivity contribution in [2.45, 2.75) is 85.0 Å². The average molecular weight is 526 g/mol. The van der Waals surface area contributed by atoms with Gasteiger partial charge in [-0.15, -0.1) is 5.10 Å². The molecule has 204 valence electrons. The van der Waals surface area contributed by atoms with E-state index in [9.17, 15) is 4.79 Å². The van der Waals surface area contributed by atoms with Crippen molar-refractivity contribution in [3.63, 3.8) is 0 Å². The molecule has 2 bridgehead atoms. The molecule has 4 fully saturated rings. The van der Waals surface area contributed by atoms with Gasteiger partial charge in [0.15, 0.2) is 5.69 Å². The highest BCUT2D eigenvalue weighted by Crippen LogP contribution is 2.65. The van der Waals surface area contributed by atoms with Gasteiger partial charge in [-0.3, -0.25) is 4.79 Å². The Morgan fingerprint density at radius 3 is 2.62 bits per heavy atom. The van der Waals surface area contributed by atoms with E-state index in [0.29, 0.717) is 30.5 Å². The molecule has 1 aromatic heterocycles. The van der Waals surface area contributed by atoms with E-state index in [-0.39, 0.29) is 29.0 Å². The van der Waals surface area contributed by atoms with Gasteiger partial charge in [0.2, 0.25) is 0 Å². The quantitative estimate of drug-likeness (QED) is 0.445. The summed E-state index contributed by atoms with van der Waals surface area (Å²) in [6.45, 7) is 13.6. The van der Waals surface area contributed by atoms with Crippen LogP contribution in [0.3, 0.4) is 0 Å². The van der Waals surface area contributed by atoms with E-state index < -0.39 is 7.12 Å². The number of carbonyl (C=O) groups excluding carboxylic acids is 1. The highest BCUT2D eigenvalue weighted by atomic mass is 16.7. The molecular formula is C31H39BN4O3. The number of hydrogen-bond donors (Lipinski definition) is 1. The number of amides is 1. The minimum Gasteiger partial charge on any atom is -0.404 e. The monoisotopic (exact) mass is 526 g/mol. The summed E-state index contributed by atoms with van der Waals surface area (Å²) in [6, 6.07) is 16.5. The van der Waals surface area contributed by atoms with Gasteiger partial charge in [0, 0.05) is 0 Å². The highest BCUT2D eigenvalue weighted by Gasteiger charge is 2.68. The van der Waals surface area contributed by atoms with Crippen LogP contribution in [0.1, 0.15) is 72.0 Å². The molecule has 1 amide bonds. The Balaban J connectivity index is 1.25. The van der Waals surface area contributed by atoms with Crippen molar-refractivity contribution in [2.24, 2.45) is 17.3 Å². The summed E-state index contributed by atoms with van der Waals surface area (Å²) in [6.07, 6.45) is 2.85. The van der Waals surface area contributed by atoms with Gasteiger partial charge in [-0.05, 0) is 80.9 Å². The van der Waals surface area contributed by atoms with Crippen molar-refractivity contribution in [1.29, 1.82) is 0 Å². The number of benzene rings is 2. The molecular weight excluding hydrogens is 487 g/mol. The fourth-order valence-corrected chi connectivity index (χ4v) is 7.31. The Bertz CT molecular complexity index is 1390. The summed E-state index contributed by atoms with van der Waals surface area (Å²) in [5, 5.41) is 11.8. The molecule has 1 N–H and O–H groups in total. The Kier molecular flexibility index (Phi) is 6.46. The van der Waals surface area contributed by atoms with Crippen LogP contribution >= 0.6 is 0 Å². The number of aromatic nitrogens is 3. The van der Waals surface area contributed by atoms with E-state index in [4.69, 9.17) is 9.31 Å². The largest absolute Gasteiger partial charge is 0.482 e. The van der Waals surface area contributed by atoms with E-state index in [1.165, 1.54) is 23.1 Å². The first kappa shape index (κ1) is 26.3. The summed E-state index contributed by atoms with van der Waals surface area (Å²) in [4.78, 5) is 13.7. The lowest BCUT2D eigenvalue weighted by Gasteiger charge is -2.64. The number of rotatable bonds is 7. The van der Waals surface area contributed by atoms with Crippen LogP contribution in [0.4, 0.5) is 0 Å². The Labute approximate surface area is 231 Å². The molecule has 0 spiro atoms. The highest BCUT2D eigenvalue weighted by molar-refractivity contribution is 6.48. The molecule has 3 aliphatic carbocycles. The maximum absolute atomic E-state index is 13.7. The first-order valence-corrected chi connectivity index (χ1v) is 14.2. The molecule has 8 heteroatoms. The second-order valence-corrected chi connectivity index (χ2v) is 12.7. The molecule has 7 nitrogen and oxygen atoms in total. The van der Waals surface area contributed by atoms with E-state index in [2.05, 4.69) is 68.4 Å². The van der Waals surface area contributed by atoms with E-state index in [0.717, 1.165) is 17.7 Å². The summed E-state index contributed by atoms with van der Waals surface area (Å²) in [5.74, 6) is 0.507. The average Bonchev–Trinajstić information content (AvgIpc) is 3.44. The molecule has 3 aromatic rings. The number of nitrogens with one attached hydrogen (secondary N) is 1. The second-order valence-electron chi connectivity index (χ2n) is 12.7. The summed E-state index contributed by atoms with van der Waals surface area (Å²) in [7, 11) is -0.528. The lowest BCUT2D eigenvalue weighted by atomic mass is 9.43. The number of aryl methyl sites for hydroxylation is 2. The molecule has 5 atom stereocenters. The molecule has 0 radical (unpaired) electrons. The number of carbonyl (C=O) groups is 1. The zero-order valence-electron chi connectivity index (χ0n) is 23.9. The minimum absolute atomic E-state index is 0.0475. The van der Waals surface area contributed by atoms with E-state index >= 15 is 0 Å². The normalized spacial score (nSPS) is 27.5. The number of hydrogen-bond acceptors (Lipinski definition) is 5. The Morgan fingerprint density at radius 2 is 1.90 bits per heavy atom. The second kappa shape index (κ2) is 9.60. The standard InChI is InChI=1S/C31H39BN4O3/c1-19-12-13-23(20(2)14-19)15-27(32-38-26-17-24-16-25(30(24,4)5)31(26,6)39-32)33-29(37)28-21(3)36(35-34-28)18-22-10-8-7-9-11-22/h7-14,24-27H,15-18H2,1-6H3,(H,33,37)/t24-,25-,26+,27-,31-/m0/s1. The Morgan fingerprint density at radius 1 is 1.13 bits per heavy atom. The first-order chi connectivity index (χ1) is 18.6. The van der Waals surface area contributed by atoms with E-state index in [1.54, 1.807) is 4.68 Å². The zero-order valence-corrected chi connectivity index (χ0v) is 23.9. The molecule has 1 saturated heterocycles. The van der Waals surface area contributed by atoms with Crippen LogP contribution in [-0.4, -0.2) is 45.7 Å². The summed E-state index contributed by atoms with van der Waals surface area (Å²) < 4.78 is 15.2. The van der Waals surface area contributed by atoms with Gasteiger partial charge < -0.3 is 14.6 Å². The van der Waals surface area contributed by atoms with Crippen molar-refractivity contribution in [3.8, 4) is 0 Å². The molecule has 1 aliphatic heterocycles. The third kappa shape index (κ3) is 4.51. The van der Waals surface area contributed by atoms with E-state index in [1.807, 2.05) is 37.3 Å². The molecule has 2 aromatic carbocycles. The SMILES string of the molecule is Cc1ccc(C[C@H](NC(=O)c2nnn(Cc3ccccc3)c2C)B2O[C@@H]3C[C@@H]4C[C@@H](C4(C)C)[C@]3(C)O2)c(C)c1. The fourth-order valence-electron chi connectivity index (χ4n) is 7.31. The summed E-state index contributed by atoms with van der Waals surface area (Å²) in [5.41, 5.74) is 5.68. The van der Waals surface area contributed by atoms with Crippen molar-refractivity contribution in [3.05, 3.63) is 82.2 Å². The molecule has 2 heterocycles. The predicted octanol–water partition coefficient (Wildman–Crippen LogP) is 4.86. The minimum atomic E-state index is -0.528. The van der Waals surface area contributed by atoms with Crippen LogP contribution in [0.15, 0.2) is 48.5 Å². The van der Waals surface area contributed by atoms with Crippen LogP contribution in [0.25, 0.3) is 0 Å². The maximum atomic E-state index is 13.7. The topological polar surface area (TPSA) is 78.3 Å². The van der Waals surface area contributed by atoms with Gasteiger partial charge in [-0.25, -0.2) is 4.68 Å². The van der Waals surface area contributed by atoms with Crippen molar-refractivity contribution < 1.29 is 14.1 Å². The maximum Gasteiger partial charge on any atom is 0.482 e. The van der Waals surface area contributed by atoms with Gasteiger partial charge in [-0.1, -0.05) is 73.2 Å². The van der Waals surface area contributed by atoms with Crippen LogP contribution < -0.4 is 5.32 Å². The fraction of sp³-hybridized carbons (Fsp3) is 0.516.